The van der Waals surface area contributed by atoms with Gasteiger partial charge >= 0.3 is 5.97 Å². The first-order valence-electron chi connectivity index (χ1n) is 7.83. The fraction of sp³-hybridized carbons (Fsp3) is 0.316. The van der Waals surface area contributed by atoms with Crippen molar-refractivity contribution in [2.75, 3.05) is 20.2 Å². The van der Waals surface area contributed by atoms with Gasteiger partial charge in [0.15, 0.2) is 6.61 Å². The van der Waals surface area contributed by atoms with Crippen LogP contribution in [0.15, 0.2) is 54.6 Å². The average molecular weight is 384 g/mol. The van der Waals surface area contributed by atoms with Gasteiger partial charge in [0.25, 0.3) is 0 Å². The zero-order valence-corrected chi connectivity index (χ0v) is 15.9. The molecule has 0 saturated carbocycles. The van der Waals surface area contributed by atoms with E-state index in [-0.39, 0.29) is 31.1 Å². The Labute approximate surface area is 160 Å². The molecule has 136 valence electrons. The molecule has 6 heteroatoms. The van der Waals surface area contributed by atoms with Crippen molar-refractivity contribution in [2.45, 2.75) is 19.6 Å². The van der Waals surface area contributed by atoms with Crippen LogP contribution in [-0.4, -0.2) is 37.2 Å². The lowest BCUT2D eigenvalue weighted by Crippen LogP contribution is -2.31. The molecule has 0 aliphatic rings. The number of likely N-dealkylation sites (N-methyl/N-ethyl adjacent to an activating group) is 1. The third-order valence-corrected chi connectivity index (χ3v) is 3.62. The van der Waals surface area contributed by atoms with Crippen molar-refractivity contribution >= 4 is 30.0 Å². The standard InChI is InChI=1S/C19H22ClNO3.ClH/c1-15(12-21(2)13-16-6-4-3-5-7-16)24-19(22)14-23-18-10-8-17(20)9-11-18;/h3-11,15H,12-14H2,1-2H3;1H. The molecular weight excluding hydrogens is 361 g/mol. The second-order valence-electron chi connectivity index (χ2n) is 5.73. The first-order chi connectivity index (χ1) is 11.5. The summed E-state index contributed by atoms with van der Waals surface area (Å²) in [6.45, 7) is 3.22. The van der Waals surface area contributed by atoms with E-state index >= 15 is 0 Å². The number of carbonyl (C=O) groups excluding carboxylic acids is 1. The molecule has 0 N–H and O–H groups in total. The molecule has 0 heterocycles. The summed E-state index contributed by atoms with van der Waals surface area (Å²) < 4.78 is 10.8. The Morgan fingerprint density at radius 1 is 1.12 bits per heavy atom. The average Bonchev–Trinajstić information content (AvgIpc) is 2.55. The predicted molar refractivity (Wildman–Crippen MR) is 103 cm³/mol. The number of rotatable bonds is 8. The molecule has 4 nitrogen and oxygen atoms in total. The van der Waals surface area contributed by atoms with E-state index in [1.165, 1.54) is 5.56 Å². The van der Waals surface area contributed by atoms with Crippen LogP contribution in [0.25, 0.3) is 0 Å². The summed E-state index contributed by atoms with van der Waals surface area (Å²) in [4.78, 5) is 14.0. The molecule has 1 unspecified atom stereocenters. The van der Waals surface area contributed by atoms with Crippen LogP contribution >= 0.6 is 24.0 Å². The second-order valence-corrected chi connectivity index (χ2v) is 6.16. The van der Waals surface area contributed by atoms with Crippen LogP contribution in [0.5, 0.6) is 5.75 Å². The van der Waals surface area contributed by atoms with Gasteiger partial charge in [-0.3, -0.25) is 4.90 Å². The highest BCUT2D eigenvalue weighted by molar-refractivity contribution is 6.30. The van der Waals surface area contributed by atoms with Crippen molar-refractivity contribution in [2.24, 2.45) is 0 Å². The van der Waals surface area contributed by atoms with Gasteiger partial charge in [0.1, 0.15) is 11.9 Å². The number of nitrogens with zero attached hydrogens (tertiary/aromatic N) is 1. The molecule has 0 aromatic heterocycles. The maximum absolute atomic E-state index is 11.8. The third-order valence-electron chi connectivity index (χ3n) is 3.37. The topological polar surface area (TPSA) is 38.8 Å². The molecule has 0 spiro atoms. The van der Waals surface area contributed by atoms with Crippen LogP contribution in [0.1, 0.15) is 12.5 Å². The summed E-state index contributed by atoms with van der Waals surface area (Å²) in [6, 6.07) is 17.0. The number of carbonyl (C=O) groups is 1. The maximum Gasteiger partial charge on any atom is 0.344 e. The minimum absolute atomic E-state index is 0. The van der Waals surface area contributed by atoms with Crippen LogP contribution in [0, 0.1) is 0 Å². The van der Waals surface area contributed by atoms with Gasteiger partial charge in [-0.25, -0.2) is 4.79 Å². The van der Waals surface area contributed by atoms with Gasteiger partial charge in [0.05, 0.1) is 0 Å². The fourth-order valence-electron chi connectivity index (χ4n) is 2.37. The quantitative estimate of drug-likeness (QED) is 0.640. The normalized spacial score (nSPS) is 11.5. The molecule has 0 saturated heterocycles. The SMILES string of the molecule is CC(CN(C)Cc1ccccc1)OC(=O)COc1ccc(Cl)cc1.Cl. The van der Waals surface area contributed by atoms with E-state index in [4.69, 9.17) is 21.1 Å². The highest BCUT2D eigenvalue weighted by atomic mass is 35.5. The minimum Gasteiger partial charge on any atom is -0.482 e. The van der Waals surface area contributed by atoms with Crippen molar-refractivity contribution in [1.29, 1.82) is 0 Å². The van der Waals surface area contributed by atoms with Crippen molar-refractivity contribution in [3.8, 4) is 5.75 Å². The van der Waals surface area contributed by atoms with Crippen LogP contribution in [0.4, 0.5) is 0 Å². The van der Waals surface area contributed by atoms with E-state index in [1.807, 2.05) is 32.2 Å². The number of hydrogen-bond acceptors (Lipinski definition) is 4. The van der Waals surface area contributed by atoms with Crippen molar-refractivity contribution in [3.05, 3.63) is 65.2 Å². The van der Waals surface area contributed by atoms with Gasteiger partial charge in [-0.2, -0.15) is 0 Å². The number of esters is 1. The van der Waals surface area contributed by atoms with Gasteiger partial charge in [-0.15, -0.1) is 12.4 Å². The molecule has 2 aromatic rings. The fourth-order valence-corrected chi connectivity index (χ4v) is 2.49. The Balaban J connectivity index is 0.00000312. The van der Waals surface area contributed by atoms with Gasteiger partial charge < -0.3 is 9.47 Å². The Bertz CT molecular complexity index is 635. The van der Waals surface area contributed by atoms with Crippen LogP contribution in [-0.2, 0) is 16.1 Å². The van der Waals surface area contributed by atoms with Crippen LogP contribution in [0.2, 0.25) is 5.02 Å². The summed E-state index contributed by atoms with van der Waals surface area (Å²) in [6.07, 6.45) is -0.208. The Morgan fingerprint density at radius 3 is 2.40 bits per heavy atom. The minimum atomic E-state index is -0.384. The largest absolute Gasteiger partial charge is 0.482 e. The molecule has 2 rings (SSSR count). The predicted octanol–water partition coefficient (Wildman–Crippen LogP) is 4.20. The second kappa shape index (κ2) is 11.0. The Morgan fingerprint density at radius 2 is 1.76 bits per heavy atom. The van der Waals surface area contributed by atoms with Crippen molar-refractivity contribution in [3.63, 3.8) is 0 Å². The van der Waals surface area contributed by atoms with Gasteiger partial charge in [0, 0.05) is 18.1 Å². The molecule has 25 heavy (non-hydrogen) atoms. The van der Waals surface area contributed by atoms with Crippen molar-refractivity contribution < 1.29 is 14.3 Å². The summed E-state index contributed by atoms with van der Waals surface area (Å²) in [5.74, 6) is 0.204. The van der Waals surface area contributed by atoms with Crippen molar-refractivity contribution in [1.82, 2.24) is 4.90 Å². The molecule has 0 aliphatic heterocycles. The lowest BCUT2D eigenvalue weighted by Gasteiger charge is -2.21. The monoisotopic (exact) mass is 383 g/mol. The molecule has 0 amide bonds. The molecule has 0 radical (unpaired) electrons. The van der Waals surface area contributed by atoms with E-state index in [1.54, 1.807) is 24.3 Å². The summed E-state index contributed by atoms with van der Waals surface area (Å²) in [5.41, 5.74) is 1.23. The third kappa shape index (κ3) is 8.25. The lowest BCUT2D eigenvalue weighted by molar-refractivity contribution is -0.151. The Kier molecular flexibility index (Phi) is 9.35. The summed E-state index contributed by atoms with van der Waals surface area (Å²) in [7, 11) is 2.00. The first-order valence-corrected chi connectivity index (χ1v) is 8.21. The Hall–Kier alpha value is -1.75. The highest BCUT2D eigenvalue weighted by Gasteiger charge is 2.13. The van der Waals surface area contributed by atoms with E-state index in [9.17, 15) is 4.79 Å². The number of hydrogen-bond donors (Lipinski definition) is 0. The van der Waals surface area contributed by atoms with E-state index in [2.05, 4.69) is 17.0 Å². The number of halogens is 2. The number of ether oxygens (including phenoxy) is 2. The number of benzene rings is 2. The van der Waals surface area contributed by atoms with Gasteiger partial charge in [0.2, 0.25) is 0 Å². The summed E-state index contributed by atoms with van der Waals surface area (Å²) >= 11 is 5.80. The smallest absolute Gasteiger partial charge is 0.344 e. The zero-order chi connectivity index (χ0) is 17.4. The van der Waals surface area contributed by atoms with E-state index in [0.717, 1.165) is 6.54 Å². The molecular formula is C19H23Cl2NO3. The van der Waals surface area contributed by atoms with Crippen LogP contribution in [0.3, 0.4) is 0 Å². The van der Waals surface area contributed by atoms with Gasteiger partial charge in [-0.1, -0.05) is 41.9 Å². The molecule has 2 aromatic carbocycles. The van der Waals surface area contributed by atoms with Gasteiger partial charge in [-0.05, 0) is 43.8 Å². The van der Waals surface area contributed by atoms with Crippen LogP contribution < -0.4 is 4.74 Å². The lowest BCUT2D eigenvalue weighted by atomic mass is 10.2. The molecule has 0 aliphatic carbocycles. The highest BCUT2D eigenvalue weighted by Crippen LogP contribution is 2.15. The zero-order valence-electron chi connectivity index (χ0n) is 14.4. The van der Waals surface area contributed by atoms with E-state index < -0.39 is 0 Å². The maximum atomic E-state index is 11.8. The molecule has 0 fully saturated rings. The first kappa shape index (κ1) is 21.3. The molecule has 1 atom stereocenters. The molecule has 0 bridgehead atoms. The van der Waals surface area contributed by atoms with E-state index in [0.29, 0.717) is 17.3 Å². The summed E-state index contributed by atoms with van der Waals surface area (Å²) in [5, 5.41) is 0.625.